The normalized spacial score (nSPS) is 10.5. The third kappa shape index (κ3) is 1.97. The summed E-state index contributed by atoms with van der Waals surface area (Å²) in [5.41, 5.74) is 0.0321. The number of benzene rings is 1. The minimum Gasteiger partial charge on any atom is -0.504 e. The van der Waals surface area contributed by atoms with E-state index in [2.05, 4.69) is 15.9 Å². The molecule has 13 heavy (non-hydrogen) atoms. The minimum absolute atomic E-state index is 0.0155. The Morgan fingerprint density at radius 1 is 1.31 bits per heavy atom. The van der Waals surface area contributed by atoms with Gasteiger partial charge in [-0.15, -0.1) is 0 Å². The van der Waals surface area contributed by atoms with E-state index in [1.165, 1.54) is 6.07 Å². The van der Waals surface area contributed by atoms with Gasteiger partial charge in [0, 0.05) is 6.61 Å². The van der Waals surface area contributed by atoms with Crippen molar-refractivity contribution < 1.29 is 19.0 Å². The van der Waals surface area contributed by atoms with Crippen molar-refractivity contribution in [1.82, 2.24) is 0 Å². The summed E-state index contributed by atoms with van der Waals surface area (Å²) in [6.45, 7) is -0.270. The zero-order valence-electron chi connectivity index (χ0n) is 6.52. The standard InChI is InChI=1S/C8H7BrF2O2/c9-5-3-4(1-2-12)6(10)7(11)8(5)13/h3,12-13H,1-2H2. The van der Waals surface area contributed by atoms with Crippen LogP contribution in [0.25, 0.3) is 0 Å². The molecule has 72 valence electrons. The van der Waals surface area contributed by atoms with Gasteiger partial charge in [-0.3, -0.25) is 0 Å². The molecule has 0 saturated carbocycles. The number of phenolic OH excluding ortho intramolecular Hbond substituents is 1. The van der Waals surface area contributed by atoms with Gasteiger partial charge in [0.2, 0.25) is 5.82 Å². The van der Waals surface area contributed by atoms with Gasteiger partial charge in [-0.1, -0.05) is 0 Å². The summed E-state index contributed by atoms with van der Waals surface area (Å²) in [6, 6.07) is 1.24. The average Bonchev–Trinajstić information content (AvgIpc) is 2.11. The highest BCUT2D eigenvalue weighted by atomic mass is 79.9. The van der Waals surface area contributed by atoms with E-state index in [9.17, 15) is 8.78 Å². The fraction of sp³-hybridized carbons (Fsp3) is 0.250. The van der Waals surface area contributed by atoms with Crippen LogP contribution in [0, 0.1) is 11.6 Å². The van der Waals surface area contributed by atoms with E-state index in [0.717, 1.165) is 0 Å². The van der Waals surface area contributed by atoms with E-state index in [1.54, 1.807) is 0 Å². The van der Waals surface area contributed by atoms with E-state index in [1.807, 2.05) is 0 Å². The van der Waals surface area contributed by atoms with Gasteiger partial charge in [-0.2, -0.15) is 4.39 Å². The Labute approximate surface area is 81.9 Å². The number of phenols is 1. The molecule has 0 aliphatic carbocycles. The topological polar surface area (TPSA) is 40.5 Å². The molecule has 0 fully saturated rings. The first-order valence-corrected chi connectivity index (χ1v) is 4.33. The van der Waals surface area contributed by atoms with Gasteiger partial charge in [0.15, 0.2) is 11.6 Å². The second-order valence-electron chi connectivity index (χ2n) is 2.47. The second-order valence-corrected chi connectivity index (χ2v) is 3.32. The van der Waals surface area contributed by atoms with Crippen molar-refractivity contribution in [3.8, 4) is 5.75 Å². The number of hydrogen-bond acceptors (Lipinski definition) is 2. The highest BCUT2D eigenvalue weighted by Gasteiger charge is 2.15. The summed E-state index contributed by atoms with van der Waals surface area (Å²) in [4.78, 5) is 0. The van der Waals surface area contributed by atoms with E-state index >= 15 is 0 Å². The van der Waals surface area contributed by atoms with Gasteiger partial charge in [-0.25, -0.2) is 4.39 Å². The molecule has 1 aromatic rings. The lowest BCUT2D eigenvalue weighted by Crippen LogP contribution is -1.98. The third-order valence-corrected chi connectivity index (χ3v) is 2.20. The zero-order valence-corrected chi connectivity index (χ0v) is 8.11. The Bertz CT molecular complexity index is 328. The molecule has 0 unspecified atom stereocenters. The molecule has 1 rings (SSSR count). The van der Waals surface area contributed by atoms with Crippen LogP contribution in [0.1, 0.15) is 5.56 Å². The van der Waals surface area contributed by atoms with Crippen molar-refractivity contribution in [3.05, 3.63) is 27.7 Å². The number of aliphatic hydroxyl groups is 1. The summed E-state index contributed by atoms with van der Waals surface area (Å²) >= 11 is 2.86. The smallest absolute Gasteiger partial charge is 0.201 e. The predicted octanol–water partition coefficient (Wildman–Crippen LogP) is 1.97. The van der Waals surface area contributed by atoms with Crippen molar-refractivity contribution >= 4 is 15.9 Å². The lowest BCUT2D eigenvalue weighted by atomic mass is 10.1. The van der Waals surface area contributed by atoms with Crippen molar-refractivity contribution in [1.29, 1.82) is 0 Å². The van der Waals surface area contributed by atoms with Crippen molar-refractivity contribution in [2.75, 3.05) is 6.61 Å². The summed E-state index contributed by atoms with van der Waals surface area (Å²) in [5.74, 6) is -3.16. The van der Waals surface area contributed by atoms with Crippen molar-refractivity contribution in [3.63, 3.8) is 0 Å². The largest absolute Gasteiger partial charge is 0.504 e. The Hall–Kier alpha value is -0.680. The van der Waals surface area contributed by atoms with Gasteiger partial charge in [-0.05, 0) is 34.0 Å². The Balaban J connectivity index is 3.24. The lowest BCUT2D eigenvalue weighted by molar-refractivity contribution is 0.296. The lowest BCUT2D eigenvalue weighted by Gasteiger charge is -2.05. The summed E-state index contributed by atoms with van der Waals surface area (Å²) in [6.07, 6.45) is 0.0155. The van der Waals surface area contributed by atoms with Gasteiger partial charge >= 0.3 is 0 Å². The van der Waals surface area contributed by atoms with Crippen LogP contribution in [0.5, 0.6) is 5.75 Å². The monoisotopic (exact) mass is 252 g/mol. The molecule has 0 amide bonds. The number of aromatic hydroxyl groups is 1. The Morgan fingerprint density at radius 2 is 1.92 bits per heavy atom. The fourth-order valence-electron chi connectivity index (χ4n) is 0.937. The number of halogens is 3. The highest BCUT2D eigenvalue weighted by Crippen LogP contribution is 2.30. The maximum atomic E-state index is 13.0. The van der Waals surface area contributed by atoms with Crippen molar-refractivity contribution in [2.24, 2.45) is 0 Å². The molecule has 1 aromatic carbocycles. The molecule has 2 N–H and O–H groups in total. The fourth-order valence-corrected chi connectivity index (χ4v) is 1.39. The predicted molar refractivity (Wildman–Crippen MR) is 46.5 cm³/mol. The molecule has 0 atom stereocenters. The Morgan fingerprint density at radius 3 is 2.46 bits per heavy atom. The van der Waals surface area contributed by atoms with Gasteiger partial charge in [0.25, 0.3) is 0 Å². The molecular formula is C8H7BrF2O2. The van der Waals surface area contributed by atoms with Crippen LogP contribution in [0.4, 0.5) is 8.78 Å². The molecule has 0 radical (unpaired) electrons. The van der Waals surface area contributed by atoms with Gasteiger partial charge in [0.1, 0.15) is 0 Å². The SMILES string of the molecule is OCCc1cc(Br)c(O)c(F)c1F. The molecule has 0 heterocycles. The highest BCUT2D eigenvalue weighted by molar-refractivity contribution is 9.10. The molecule has 0 aliphatic heterocycles. The van der Waals surface area contributed by atoms with Gasteiger partial charge in [0.05, 0.1) is 4.47 Å². The van der Waals surface area contributed by atoms with Gasteiger partial charge < -0.3 is 10.2 Å². The van der Waals surface area contributed by atoms with Crippen LogP contribution in [0.15, 0.2) is 10.5 Å². The molecule has 2 nitrogen and oxygen atoms in total. The number of aliphatic hydroxyl groups excluding tert-OH is 1. The molecule has 0 bridgehead atoms. The Kier molecular flexibility index (Phi) is 3.22. The van der Waals surface area contributed by atoms with Crippen molar-refractivity contribution in [2.45, 2.75) is 6.42 Å². The average molecular weight is 253 g/mol. The minimum atomic E-state index is -1.29. The van der Waals surface area contributed by atoms with Crippen LogP contribution >= 0.6 is 15.9 Å². The molecular weight excluding hydrogens is 246 g/mol. The quantitative estimate of drug-likeness (QED) is 0.791. The second kappa shape index (κ2) is 4.02. The first-order valence-electron chi connectivity index (χ1n) is 3.54. The first-order chi connectivity index (χ1) is 6.07. The van der Waals surface area contributed by atoms with E-state index in [4.69, 9.17) is 10.2 Å². The maximum absolute atomic E-state index is 13.0. The molecule has 0 aromatic heterocycles. The van der Waals surface area contributed by atoms with Crippen LogP contribution in [0.3, 0.4) is 0 Å². The molecule has 0 saturated heterocycles. The summed E-state index contributed by atoms with van der Waals surface area (Å²) < 4.78 is 25.9. The van der Waals surface area contributed by atoms with E-state index in [0.29, 0.717) is 0 Å². The zero-order chi connectivity index (χ0) is 10.0. The molecule has 0 spiro atoms. The first kappa shape index (κ1) is 10.4. The maximum Gasteiger partial charge on any atom is 0.201 e. The summed E-state index contributed by atoms with van der Waals surface area (Å²) in [7, 11) is 0. The number of rotatable bonds is 2. The van der Waals surface area contributed by atoms with Crippen LogP contribution < -0.4 is 0 Å². The summed E-state index contributed by atoms with van der Waals surface area (Å²) in [5, 5.41) is 17.5. The van der Waals surface area contributed by atoms with Crippen LogP contribution in [0.2, 0.25) is 0 Å². The third-order valence-electron chi connectivity index (χ3n) is 1.59. The number of hydrogen-bond donors (Lipinski definition) is 2. The van der Waals surface area contributed by atoms with Crippen LogP contribution in [-0.4, -0.2) is 16.8 Å². The molecule has 5 heteroatoms. The van der Waals surface area contributed by atoms with Crippen LogP contribution in [-0.2, 0) is 6.42 Å². The van der Waals surface area contributed by atoms with E-state index in [-0.39, 0.29) is 23.1 Å². The molecule has 0 aliphatic rings. The van der Waals surface area contributed by atoms with E-state index < -0.39 is 17.4 Å².